The number of rotatable bonds is 1. The van der Waals surface area contributed by atoms with Crippen LogP contribution in [0.25, 0.3) is 0 Å². The van der Waals surface area contributed by atoms with Gasteiger partial charge in [-0.05, 0) is 87.0 Å². The second-order valence-electron chi connectivity index (χ2n) is 10.2. The second kappa shape index (κ2) is 6.96. The van der Waals surface area contributed by atoms with Gasteiger partial charge in [0, 0.05) is 17.8 Å². The van der Waals surface area contributed by atoms with E-state index >= 15 is 0 Å². The van der Waals surface area contributed by atoms with E-state index in [1.165, 1.54) is 22.3 Å². The number of benzene rings is 1. The normalized spacial score (nSPS) is 37.5. The van der Waals surface area contributed by atoms with Crippen LogP contribution in [0.15, 0.2) is 47.1 Å². The van der Waals surface area contributed by atoms with Crippen molar-refractivity contribution in [2.24, 2.45) is 17.3 Å². The van der Waals surface area contributed by atoms with Gasteiger partial charge in [0.15, 0.2) is 5.78 Å². The van der Waals surface area contributed by atoms with Crippen LogP contribution < -0.4 is 0 Å². The fourth-order valence-corrected chi connectivity index (χ4v) is 7.26. The van der Waals surface area contributed by atoms with Crippen LogP contribution in [0.2, 0.25) is 0 Å². The van der Waals surface area contributed by atoms with Crippen molar-refractivity contribution in [1.29, 1.82) is 0 Å². The third-order valence-corrected chi connectivity index (χ3v) is 8.66. The zero-order valence-electron chi connectivity index (χ0n) is 18.4. The van der Waals surface area contributed by atoms with E-state index in [4.69, 9.17) is 0 Å². The van der Waals surface area contributed by atoms with E-state index in [-0.39, 0.29) is 11.2 Å². The van der Waals surface area contributed by atoms with Crippen molar-refractivity contribution in [1.82, 2.24) is 0 Å². The van der Waals surface area contributed by atoms with Crippen molar-refractivity contribution >= 4 is 5.78 Å². The molecule has 0 aliphatic heterocycles. The molecule has 5 rings (SSSR count). The quantitative estimate of drug-likeness (QED) is 0.619. The number of ketones is 1. The maximum atomic E-state index is 12.1. The Hall–Kier alpha value is -2.11. The topological polar surface area (TPSA) is 37.3 Å². The number of fused-ring (bicyclic) bond motifs is 4. The van der Waals surface area contributed by atoms with Gasteiger partial charge in [-0.2, -0.15) is 0 Å². The molecule has 5 atom stereocenters. The third kappa shape index (κ3) is 2.78. The Balaban J connectivity index is 1.71. The molecule has 4 aliphatic rings. The molecule has 1 aromatic carbocycles. The molecule has 156 valence electrons. The van der Waals surface area contributed by atoms with Crippen LogP contribution in [0.3, 0.4) is 0 Å². The molecule has 2 nitrogen and oxygen atoms in total. The molecule has 4 aliphatic carbocycles. The van der Waals surface area contributed by atoms with Gasteiger partial charge in [-0.25, -0.2) is 0 Å². The minimum atomic E-state index is -0.899. The van der Waals surface area contributed by atoms with E-state index in [0.717, 1.165) is 38.5 Å². The van der Waals surface area contributed by atoms with Gasteiger partial charge < -0.3 is 5.11 Å². The van der Waals surface area contributed by atoms with E-state index in [0.29, 0.717) is 24.2 Å². The number of hydrogen-bond acceptors (Lipinski definition) is 2. The lowest BCUT2D eigenvalue weighted by atomic mass is 9.51. The Morgan fingerprint density at radius 3 is 2.77 bits per heavy atom. The Morgan fingerprint density at radius 1 is 1.17 bits per heavy atom. The lowest BCUT2D eigenvalue weighted by Gasteiger charge is -2.53. The smallest absolute Gasteiger partial charge is 0.156 e. The maximum absolute atomic E-state index is 12.1. The highest BCUT2D eigenvalue weighted by Crippen LogP contribution is 2.66. The highest BCUT2D eigenvalue weighted by Gasteiger charge is 2.62. The Kier molecular flexibility index (Phi) is 4.60. The molecule has 0 saturated heterocycles. The minimum absolute atomic E-state index is 0.204. The Bertz CT molecular complexity index is 1030. The summed E-state index contributed by atoms with van der Waals surface area (Å²) in [6.07, 6.45) is 8.30. The number of hydrogen-bond donors (Lipinski definition) is 1. The molecule has 2 heteroatoms. The lowest BCUT2D eigenvalue weighted by molar-refractivity contribution is -0.114. The number of aliphatic hydroxyl groups is 1. The molecule has 0 aromatic heterocycles. The summed E-state index contributed by atoms with van der Waals surface area (Å²) < 4.78 is 0. The largest absolute Gasteiger partial charge is 0.377 e. The first-order chi connectivity index (χ1) is 14.4. The van der Waals surface area contributed by atoms with Crippen molar-refractivity contribution in [2.75, 3.05) is 0 Å². The van der Waals surface area contributed by atoms with E-state index in [1.54, 1.807) is 5.57 Å². The van der Waals surface area contributed by atoms with Gasteiger partial charge in [-0.15, -0.1) is 5.92 Å². The predicted molar refractivity (Wildman–Crippen MR) is 120 cm³/mol. The average molecular weight is 401 g/mol. The summed E-state index contributed by atoms with van der Waals surface area (Å²) in [7, 11) is 0. The van der Waals surface area contributed by atoms with Crippen LogP contribution in [0.5, 0.6) is 0 Å². The monoisotopic (exact) mass is 400 g/mol. The third-order valence-electron chi connectivity index (χ3n) is 8.66. The van der Waals surface area contributed by atoms with Crippen molar-refractivity contribution in [3.8, 4) is 11.8 Å². The van der Waals surface area contributed by atoms with Gasteiger partial charge in [-0.1, -0.05) is 48.2 Å². The Morgan fingerprint density at radius 2 is 2.00 bits per heavy atom. The number of allylic oxidation sites excluding steroid dienone is 4. The number of aryl methyl sites for hydroxylation is 1. The van der Waals surface area contributed by atoms with Crippen LogP contribution in [0.1, 0.15) is 75.8 Å². The number of carbonyl (C=O) groups excluding carboxylic acids is 1. The fourth-order valence-electron chi connectivity index (χ4n) is 7.26. The zero-order valence-corrected chi connectivity index (χ0v) is 18.4. The average Bonchev–Trinajstić information content (AvgIpc) is 2.98. The zero-order chi connectivity index (χ0) is 21.1. The summed E-state index contributed by atoms with van der Waals surface area (Å²) >= 11 is 0. The van der Waals surface area contributed by atoms with Gasteiger partial charge >= 0.3 is 0 Å². The van der Waals surface area contributed by atoms with E-state index in [2.05, 4.69) is 50.0 Å². The summed E-state index contributed by atoms with van der Waals surface area (Å²) in [6.45, 7) is 6.31. The van der Waals surface area contributed by atoms with Crippen LogP contribution >= 0.6 is 0 Å². The first-order valence-electron chi connectivity index (χ1n) is 11.6. The van der Waals surface area contributed by atoms with Gasteiger partial charge in [-0.3, -0.25) is 4.79 Å². The summed E-state index contributed by atoms with van der Waals surface area (Å²) in [4.78, 5) is 12.1. The molecule has 0 bridgehead atoms. The minimum Gasteiger partial charge on any atom is -0.377 e. The van der Waals surface area contributed by atoms with Crippen molar-refractivity contribution in [3.05, 3.63) is 58.2 Å². The van der Waals surface area contributed by atoms with E-state index in [1.807, 2.05) is 13.0 Å². The summed E-state index contributed by atoms with van der Waals surface area (Å²) in [5, 5.41) is 11.7. The van der Waals surface area contributed by atoms with Crippen LogP contribution in [-0.4, -0.2) is 16.5 Å². The molecule has 2 saturated carbocycles. The van der Waals surface area contributed by atoms with Crippen LogP contribution in [0.4, 0.5) is 0 Å². The number of carbonyl (C=O) groups is 1. The molecule has 1 aromatic rings. The highest BCUT2D eigenvalue weighted by atomic mass is 16.3. The van der Waals surface area contributed by atoms with Gasteiger partial charge in [0.1, 0.15) is 5.60 Å². The first kappa shape index (κ1) is 19.8. The summed E-state index contributed by atoms with van der Waals surface area (Å²) in [5.41, 5.74) is 5.88. The fraction of sp³-hybridized carbons (Fsp3) is 0.536. The molecule has 0 unspecified atom stereocenters. The maximum Gasteiger partial charge on any atom is 0.156 e. The molecule has 0 amide bonds. The lowest BCUT2D eigenvalue weighted by Crippen LogP contribution is -2.51. The van der Waals surface area contributed by atoms with Crippen LogP contribution in [0, 0.1) is 36.0 Å². The van der Waals surface area contributed by atoms with E-state index in [9.17, 15) is 9.90 Å². The van der Waals surface area contributed by atoms with Crippen LogP contribution in [-0.2, 0) is 4.79 Å². The molecule has 0 heterocycles. The highest BCUT2D eigenvalue weighted by molar-refractivity contribution is 5.93. The molecule has 1 N–H and O–H groups in total. The SMILES string of the molecule is CC#C[C@]1(O)CC[C@H]2[C@@H]3CCC4=CC(=O)CCC4=C3[C@@H](c3cccc(C)c3)C[C@@]21C. The Labute approximate surface area is 180 Å². The van der Waals surface area contributed by atoms with Crippen molar-refractivity contribution < 1.29 is 9.90 Å². The molecule has 30 heavy (non-hydrogen) atoms. The molecule has 2 fully saturated rings. The standard InChI is InChI=1S/C28H32O2/c1-4-13-28(30)14-12-25-23-10-8-20-16-21(29)9-11-22(20)26(23)24(17-27(25,28)3)19-7-5-6-18(2)15-19/h5-7,15-16,23-25,30H,8-12,14,17H2,1-3H3/t23-,24+,25-,27-,28-/m0/s1. The predicted octanol–water partition coefficient (Wildman–Crippen LogP) is 5.65. The van der Waals surface area contributed by atoms with Gasteiger partial charge in [0.2, 0.25) is 0 Å². The van der Waals surface area contributed by atoms with Crippen molar-refractivity contribution in [2.45, 2.75) is 77.2 Å². The van der Waals surface area contributed by atoms with Gasteiger partial charge in [0.05, 0.1) is 0 Å². The molecule has 0 spiro atoms. The molecule has 0 radical (unpaired) electrons. The second-order valence-corrected chi connectivity index (χ2v) is 10.2. The molecular formula is C28H32O2. The first-order valence-corrected chi connectivity index (χ1v) is 11.6. The summed E-state index contributed by atoms with van der Waals surface area (Å²) in [5.74, 6) is 7.81. The van der Waals surface area contributed by atoms with Crippen molar-refractivity contribution in [3.63, 3.8) is 0 Å². The molecular weight excluding hydrogens is 368 g/mol. The van der Waals surface area contributed by atoms with E-state index < -0.39 is 5.60 Å². The van der Waals surface area contributed by atoms with Gasteiger partial charge in [0.25, 0.3) is 0 Å². The summed E-state index contributed by atoms with van der Waals surface area (Å²) in [6, 6.07) is 8.91.